The molecule has 1 N–H and O–H groups in total. The van der Waals surface area contributed by atoms with Crippen LogP contribution in [0, 0.1) is 0 Å². The zero-order valence-corrected chi connectivity index (χ0v) is 15.5. The lowest BCUT2D eigenvalue weighted by Gasteiger charge is -2.47. The van der Waals surface area contributed by atoms with Crippen molar-refractivity contribution in [2.45, 2.75) is 24.8 Å². The molecule has 4 rings (SSSR count). The second-order valence-electron chi connectivity index (χ2n) is 7.19. The van der Waals surface area contributed by atoms with E-state index >= 15 is 0 Å². The number of nitrogens with zero attached hydrogens (tertiary/aromatic N) is 2. The summed E-state index contributed by atoms with van der Waals surface area (Å²) in [4.78, 5) is 16.7. The largest absolute Gasteiger partial charge is 0.321 e. The van der Waals surface area contributed by atoms with E-state index in [-0.39, 0.29) is 6.03 Å². The molecule has 0 aliphatic carbocycles. The molecule has 0 spiro atoms. The maximum absolute atomic E-state index is 12.4. The highest BCUT2D eigenvalue weighted by atomic mass is 35.5. The van der Waals surface area contributed by atoms with Crippen molar-refractivity contribution in [1.82, 2.24) is 9.80 Å². The first-order valence-corrected chi connectivity index (χ1v) is 9.68. The molecule has 136 valence electrons. The molecular formula is C21H24ClN3O. The zero-order valence-electron chi connectivity index (χ0n) is 14.8. The van der Waals surface area contributed by atoms with Gasteiger partial charge in [-0.25, -0.2) is 4.79 Å². The van der Waals surface area contributed by atoms with Gasteiger partial charge in [0.15, 0.2) is 0 Å². The van der Waals surface area contributed by atoms with Gasteiger partial charge in [0.2, 0.25) is 0 Å². The van der Waals surface area contributed by atoms with E-state index < -0.39 is 0 Å². The highest BCUT2D eigenvalue weighted by Crippen LogP contribution is 2.30. The Labute approximate surface area is 159 Å². The van der Waals surface area contributed by atoms with Crippen LogP contribution in [0.5, 0.6) is 0 Å². The summed E-state index contributed by atoms with van der Waals surface area (Å²) in [6, 6.07) is 18.6. The second kappa shape index (κ2) is 7.68. The lowest BCUT2D eigenvalue weighted by molar-refractivity contribution is 0.0454. The van der Waals surface area contributed by atoms with E-state index in [0.29, 0.717) is 22.7 Å². The number of hydrogen-bond acceptors (Lipinski definition) is 2. The van der Waals surface area contributed by atoms with Crippen LogP contribution in [-0.4, -0.2) is 48.1 Å². The number of benzene rings is 2. The van der Waals surface area contributed by atoms with Gasteiger partial charge >= 0.3 is 6.03 Å². The van der Waals surface area contributed by atoms with Gasteiger partial charge < -0.3 is 10.2 Å². The predicted octanol–water partition coefficient (Wildman–Crippen LogP) is 4.44. The Balaban J connectivity index is 1.24. The van der Waals surface area contributed by atoms with Gasteiger partial charge in [-0.1, -0.05) is 54.1 Å². The monoisotopic (exact) mass is 369 g/mol. The van der Waals surface area contributed by atoms with Crippen LogP contribution >= 0.6 is 11.6 Å². The SMILES string of the molecule is O=C(Nc1ccccc1Cl)N1CC(N2CCC(c3ccccc3)CC2)C1. The third-order valence-corrected chi connectivity index (χ3v) is 5.91. The summed E-state index contributed by atoms with van der Waals surface area (Å²) >= 11 is 6.11. The van der Waals surface area contributed by atoms with Crippen LogP contribution in [0.1, 0.15) is 24.3 Å². The van der Waals surface area contributed by atoms with E-state index in [2.05, 4.69) is 40.5 Å². The summed E-state index contributed by atoms with van der Waals surface area (Å²) in [7, 11) is 0. The van der Waals surface area contributed by atoms with Crippen molar-refractivity contribution in [3.8, 4) is 0 Å². The molecule has 0 aromatic heterocycles. The van der Waals surface area contributed by atoms with E-state index in [1.165, 1.54) is 18.4 Å². The lowest BCUT2D eigenvalue weighted by Crippen LogP contribution is -2.62. The Hall–Kier alpha value is -2.04. The highest BCUT2D eigenvalue weighted by Gasteiger charge is 2.36. The van der Waals surface area contributed by atoms with Crippen molar-refractivity contribution in [2.24, 2.45) is 0 Å². The number of urea groups is 1. The third-order valence-electron chi connectivity index (χ3n) is 5.58. The highest BCUT2D eigenvalue weighted by molar-refractivity contribution is 6.33. The summed E-state index contributed by atoms with van der Waals surface area (Å²) in [5.74, 6) is 0.673. The van der Waals surface area contributed by atoms with E-state index in [0.717, 1.165) is 26.2 Å². The minimum Gasteiger partial charge on any atom is -0.321 e. The fourth-order valence-corrected chi connectivity index (χ4v) is 4.12. The van der Waals surface area contributed by atoms with Crippen molar-refractivity contribution >= 4 is 23.3 Å². The number of anilines is 1. The molecule has 2 amide bonds. The Morgan fingerprint density at radius 3 is 2.31 bits per heavy atom. The minimum atomic E-state index is -0.0616. The molecule has 0 unspecified atom stereocenters. The lowest BCUT2D eigenvalue weighted by atomic mass is 9.88. The molecule has 2 saturated heterocycles. The van der Waals surface area contributed by atoms with Crippen molar-refractivity contribution in [1.29, 1.82) is 0 Å². The smallest absolute Gasteiger partial charge is 0.321 e. The minimum absolute atomic E-state index is 0.0616. The van der Waals surface area contributed by atoms with Crippen LogP contribution in [0.15, 0.2) is 54.6 Å². The average molecular weight is 370 g/mol. The van der Waals surface area contributed by atoms with E-state index in [9.17, 15) is 4.79 Å². The standard InChI is InChI=1S/C21H24ClN3O/c22-19-8-4-5-9-20(19)23-21(26)25-14-18(15-25)24-12-10-17(11-13-24)16-6-2-1-3-7-16/h1-9,17-18H,10-15H2,(H,23,26). The number of rotatable bonds is 3. The maximum atomic E-state index is 12.4. The molecule has 0 radical (unpaired) electrons. The molecule has 2 fully saturated rings. The number of carbonyl (C=O) groups excluding carboxylic acids is 1. The van der Waals surface area contributed by atoms with Gasteiger partial charge in [0.05, 0.1) is 10.7 Å². The van der Waals surface area contributed by atoms with Crippen LogP contribution in [0.25, 0.3) is 0 Å². The Bertz CT molecular complexity index is 753. The molecule has 0 bridgehead atoms. The fraction of sp³-hybridized carbons (Fsp3) is 0.381. The van der Waals surface area contributed by atoms with E-state index in [4.69, 9.17) is 11.6 Å². The first-order valence-electron chi connectivity index (χ1n) is 9.30. The number of para-hydroxylation sites is 1. The van der Waals surface area contributed by atoms with Crippen LogP contribution in [0.3, 0.4) is 0 Å². The number of amides is 2. The van der Waals surface area contributed by atoms with Crippen LogP contribution in [0.4, 0.5) is 10.5 Å². The number of halogens is 1. The molecule has 2 aromatic rings. The van der Waals surface area contributed by atoms with Gasteiger partial charge in [0.1, 0.15) is 0 Å². The van der Waals surface area contributed by atoms with Gasteiger partial charge in [0.25, 0.3) is 0 Å². The van der Waals surface area contributed by atoms with Crippen molar-refractivity contribution < 1.29 is 4.79 Å². The number of piperidine rings is 1. The molecule has 26 heavy (non-hydrogen) atoms. The van der Waals surface area contributed by atoms with Crippen molar-refractivity contribution in [3.63, 3.8) is 0 Å². The van der Waals surface area contributed by atoms with E-state index in [1.54, 1.807) is 6.07 Å². The first kappa shape index (κ1) is 17.4. The summed E-state index contributed by atoms with van der Waals surface area (Å²) in [5, 5.41) is 3.47. The quantitative estimate of drug-likeness (QED) is 0.868. The molecule has 5 heteroatoms. The Morgan fingerprint density at radius 2 is 1.62 bits per heavy atom. The molecule has 0 atom stereocenters. The van der Waals surface area contributed by atoms with Gasteiger partial charge in [-0.15, -0.1) is 0 Å². The normalized spacial score (nSPS) is 19.2. The first-order chi connectivity index (χ1) is 12.7. The number of carbonyl (C=O) groups is 1. The third kappa shape index (κ3) is 3.71. The van der Waals surface area contributed by atoms with Crippen LogP contribution < -0.4 is 5.32 Å². The molecule has 2 aromatic carbocycles. The molecule has 2 heterocycles. The van der Waals surface area contributed by atoms with Crippen LogP contribution in [-0.2, 0) is 0 Å². The topological polar surface area (TPSA) is 35.6 Å². The second-order valence-corrected chi connectivity index (χ2v) is 7.60. The van der Waals surface area contributed by atoms with Gasteiger partial charge in [0, 0.05) is 19.1 Å². The molecular weight excluding hydrogens is 346 g/mol. The maximum Gasteiger partial charge on any atom is 0.321 e. The van der Waals surface area contributed by atoms with Crippen molar-refractivity contribution in [3.05, 3.63) is 65.2 Å². The molecule has 2 aliphatic heterocycles. The molecule has 0 saturated carbocycles. The average Bonchev–Trinajstić information content (AvgIpc) is 2.64. The Morgan fingerprint density at radius 1 is 0.962 bits per heavy atom. The zero-order chi connectivity index (χ0) is 17.9. The predicted molar refractivity (Wildman–Crippen MR) is 106 cm³/mol. The van der Waals surface area contributed by atoms with E-state index in [1.807, 2.05) is 23.1 Å². The summed E-state index contributed by atoms with van der Waals surface area (Å²) < 4.78 is 0. The van der Waals surface area contributed by atoms with Crippen molar-refractivity contribution in [2.75, 3.05) is 31.5 Å². The summed E-state index contributed by atoms with van der Waals surface area (Å²) in [6.07, 6.45) is 2.40. The number of likely N-dealkylation sites (tertiary alicyclic amines) is 2. The molecule has 2 aliphatic rings. The Kier molecular flexibility index (Phi) is 5.14. The fourth-order valence-electron chi connectivity index (χ4n) is 3.93. The number of nitrogens with one attached hydrogen (secondary N) is 1. The van der Waals surface area contributed by atoms with Gasteiger partial charge in [-0.2, -0.15) is 0 Å². The molecule has 4 nitrogen and oxygen atoms in total. The van der Waals surface area contributed by atoms with Crippen LogP contribution in [0.2, 0.25) is 5.02 Å². The summed E-state index contributed by atoms with van der Waals surface area (Å²) in [6.45, 7) is 3.83. The van der Waals surface area contributed by atoms with Gasteiger partial charge in [-0.3, -0.25) is 4.90 Å². The number of hydrogen-bond donors (Lipinski definition) is 1. The van der Waals surface area contributed by atoms with Gasteiger partial charge in [-0.05, 0) is 49.5 Å². The summed E-state index contributed by atoms with van der Waals surface area (Å²) in [5.41, 5.74) is 2.13.